The van der Waals surface area contributed by atoms with Crippen molar-refractivity contribution in [1.29, 1.82) is 0 Å². The van der Waals surface area contributed by atoms with Gasteiger partial charge in [-0.05, 0) is 24.3 Å². The minimum Gasteiger partial charge on any atom is -0.497 e. The molecule has 2 aromatic carbocycles. The average Bonchev–Trinajstić information content (AvgIpc) is 3.01. The lowest BCUT2D eigenvalue weighted by Crippen LogP contribution is -2.25. The van der Waals surface area contributed by atoms with Crippen molar-refractivity contribution in [1.82, 2.24) is 14.7 Å². The summed E-state index contributed by atoms with van der Waals surface area (Å²) in [5.74, 6) is 1.33. The molecule has 0 bridgehead atoms. The highest BCUT2D eigenvalue weighted by atomic mass is 32.2. The second-order valence-electron chi connectivity index (χ2n) is 4.98. The predicted molar refractivity (Wildman–Crippen MR) is 95.0 cm³/mol. The third-order valence-electron chi connectivity index (χ3n) is 3.35. The summed E-state index contributed by atoms with van der Waals surface area (Å²) < 4.78 is 32.0. The molecule has 24 heavy (non-hydrogen) atoms. The fraction of sp³-hybridized carbons (Fsp3) is 0.188. The van der Waals surface area contributed by atoms with Crippen LogP contribution in [0, 0.1) is 0 Å². The van der Waals surface area contributed by atoms with Gasteiger partial charge in [0, 0.05) is 18.4 Å². The summed E-state index contributed by atoms with van der Waals surface area (Å²) in [6.07, 6.45) is 0. The van der Waals surface area contributed by atoms with Crippen LogP contribution in [0.25, 0.3) is 11.0 Å². The highest BCUT2D eigenvalue weighted by Crippen LogP contribution is 2.22. The Kier molecular flexibility index (Phi) is 5.08. The minimum atomic E-state index is -3.46. The summed E-state index contributed by atoms with van der Waals surface area (Å²) in [6, 6.07) is 13.9. The number of nitrogens with one attached hydrogen (secondary N) is 2. The number of methoxy groups -OCH3 is 1. The molecule has 126 valence electrons. The van der Waals surface area contributed by atoms with Crippen molar-refractivity contribution in [2.45, 2.75) is 10.1 Å². The van der Waals surface area contributed by atoms with Gasteiger partial charge in [-0.15, -0.1) is 0 Å². The van der Waals surface area contributed by atoms with Gasteiger partial charge in [-0.25, -0.2) is 18.1 Å². The lowest BCUT2D eigenvalue weighted by molar-refractivity contribution is 0.415. The van der Waals surface area contributed by atoms with E-state index in [-0.39, 0.29) is 4.90 Å². The summed E-state index contributed by atoms with van der Waals surface area (Å²) >= 11 is 1.46. The van der Waals surface area contributed by atoms with E-state index in [0.29, 0.717) is 12.3 Å². The Morgan fingerprint density at radius 3 is 2.75 bits per heavy atom. The molecule has 0 amide bonds. The molecule has 0 saturated heterocycles. The largest absolute Gasteiger partial charge is 0.497 e. The number of nitrogens with zero attached hydrogens (tertiary/aromatic N) is 1. The Morgan fingerprint density at radius 1 is 1.21 bits per heavy atom. The number of hydrogen-bond acceptors (Lipinski definition) is 5. The number of aromatic nitrogens is 2. The maximum atomic E-state index is 12.1. The molecule has 6 nitrogen and oxygen atoms in total. The molecule has 0 atom stereocenters. The number of hydrogen-bond donors (Lipinski definition) is 2. The van der Waals surface area contributed by atoms with Crippen LogP contribution >= 0.6 is 11.8 Å². The van der Waals surface area contributed by atoms with Gasteiger partial charge in [0.25, 0.3) is 0 Å². The Balaban J connectivity index is 1.57. The molecule has 0 saturated carbocycles. The van der Waals surface area contributed by atoms with Crippen molar-refractivity contribution in [3.63, 3.8) is 0 Å². The summed E-state index contributed by atoms with van der Waals surface area (Å²) in [7, 11) is -1.84. The van der Waals surface area contributed by atoms with Crippen LogP contribution in [0.3, 0.4) is 0 Å². The first-order valence-electron chi connectivity index (χ1n) is 7.30. The average molecular weight is 363 g/mol. The summed E-state index contributed by atoms with van der Waals surface area (Å²) in [5.41, 5.74) is 1.74. The first-order valence-corrected chi connectivity index (χ1v) is 9.76. The van der Waals surface area contributed by atoms with E-state index in [4.69, 9.17) is 4.74 Å². The first-order chi connectivity index (χ1) is 11.6. The van der Waals surface area contributed by atoms with E-state index in [9.17, 15) is 8.42 Å². The summed E-state index contributed by atoms with van der Waals surface area (Å²) in [5, 5.41) is 0.747. The van der Waals surface area contributed by atoms with Crippen molar-refractivity contribution in [2.24, 2.45) is 0 Å². The second kappa shape index (κ2) is 7.25. The number of rotatable bonds is 7. The Hall–Kier alpha value is -2.03. The standard InChI is InChI=1S/C16H17N3O3S2/c1-22-12-7-8-14-15(11-12)19-16(18-14)23-10-9-17-24(20,21)13-5-3-2-4-6-13/h2-8,11,17H,9-10H2,1H3,(H,18,19). The molecule has 0 spiro atoms. The Bertz CT molecular complexity index is 924. The number of benzene rings is 2. The lowest BCUT2D eigenvalue weighted by atomic mass is 10.3. The van der Waals surface area contributed by atoms with Crippen LogP contribution in [0.1, 0.15) is 0 Å². The Labute approximate surface area is 144 Å². The highest BCUT2D eigenvalue weighted by Gasteiger charge is 2.12. The topological polar surface area (TPSA) is 84.1 Å². The molecule has 8 heteroatoms. The van der Waals surface area contributed by atoms with Crippen LogP contribution in [0.5, 0.6) is 5.75 Å². The van der Waals surface area contributed by atoms with Crippen molar-refractivity contribution in [3.8, 4) is 5.75 Å². The van der Waals surface area contributed by atoms with E-state index in [1.54, 1.807) is 37.4 Å². The van der Waals surface area contributed by atoms with E-state index in [1.807, 2.05) is 18.2 Å². The van der Waals surface area contributed by atoms with Gasteiger partial charge in [0.15, 0.2) is 5.16 Å². The smallest absolute Gasteiger partial charge is 0.240 e. The van der Waals surface area contributed by atoms with E-state index in [2.05, 4.69) is 14.7 Å². The van der Waals surface area contributed by atoms with Crippen LogP contribution < -0.4 is 9.46 Å². The number of ether oxygens (including phenoxy) is 1. The molecule has 3 rings (SSSR count). The molecule has 0 aliphatic carbocycles. The predicted octanol–water partition coefficient (Wildman–Crippen LogP) is 2.64. The van der Waals surface area contributed by atoms with Crippen molar-refractivity contribution < 1.29 is 13.2 Å². The molecule has 0 aliphatic rings. The van der Waals surface area contributed by atoms with Gasteiger partial charge < -0.3 is 9.72 Å². The normalized spacial score (nSPS) is 11.7. The van der Waals surface area contributed by atoms with E-state index in [0.717, 1.165) is 21.9 Å². The fourth-order valence-corrected chi connectivity index (χ4v) is 4.09. The van der Waals surface area contributed by atoms with Crippen LogP contribution in [-0.4, -0.2) is 37.8 Å². The van der Waals surface area contributed by atoms with Gasteiger partial charge in [0.1, 0.15) is 5.75 Å². The molecule has 1 heterocycles. The SMILES string of the molecule is COc1ccc2nc(SCCNS(=O)(=O)c3ccccc3)[nH]c2c1. The quantitative estimate of drug-likeness (QED) is 0.498. The summed E-state index contributed by atoms with van der Waals surface area (Å²) in [4.78, 5) is 7.92. The second-order valence-corrected chi connectivity index (χ2v) is 7.83. The molecule has 0 aliphatic heterocycles. The Morgan fingerprint density at radius 2 is 2.00 bits per heavy atom. The molecule has 0 fully saturated rings. The molecule has 2 N–H and O–H groups in total. The molecule has 3 aromatic rings. The van der Waals surface area contributed by atoms with Gasteiger partial charge in [-0.3, -0.25) is 0 Å². The molecular weight excluding hydrogens is 346 g/mol. The maximum Gasteiger partial charge on any atom is 0.240 e. The van der Waals surface area contributed by atoms with E-state index < -0.39 is 10.0 Å². The molecule has 0 radical (unpaired) electrons. The van der Waals surface area contributed by atoms with Crippen molar-refractivity contribution >= 4 is 32.8 Å². The maximum absolute atomic E-state index is 12.1. The summed E-state index contributed by atoms with van der Waals surface area (Å²) in [6.45, 7) is 0.322. The van der Waals surface area contributed by atoms with E-state index >= 15 is 0 Å². The number of H-pyrrole nitrogens is 1. The number of imidazole rings is 1. The van der Waals surface area contributed by atoms with Gasteiger partial charge in [-0.2, -0.15) is 0 Å². The number of sulfonamides is 1. The minimum absolute atomic E-state index is 0.269. The van der Waals surface area contributed by atoms with Crippen LogP contribution in [0.4, 0.5) is 0 Å². The third kappa shape index (κ3) is 3.89. The van der Waals surface area contributed by atoms with Gasteiger partial charge in [0.05, 0.1) is 23.0 Å². The monoisotopic (exact) mass is 363 g/mol. The number of thioether (sulfide) groups is 1. The highest BCUT2D eigenvalue weighted by molar-refractivity contribution is 7.99. The zero-order valence-corrected chi connectivity index (χ0v) is 14.7. The van der Waals surface area contributed by atoms with Crippen LogP contribution in [-0.2, 0) is 10.0 Å². The first kappa shape index (κ1) is 16.8. The van der Waals surface area contributed by atoms with Crippen LogP contribution in [0.2, 0.25) is 0 Å². The molecular formula is C16H17N3O3S2. The third-order valence-corrected chi connectivity index (χ3v) is 5.71. The van der Waals surface area contributed by atoms with E-state index in [1.165, 1.54) is 11.8 Å². The van der Waals surface area contributed by atoms with Gasteiger partial charge in [0.2, 0.25) is 10.0 Å². The van der Waals surface area contributed by atoms with Crippen molar-refractivity contribution in [2.75, 3.05) is 19.4 Å². The van der Waals surface area contributed by atoms with Crippen molar-refractivity contribution in [3.05, 3.63) is 48.5 Å². The lowest BCUT2D eigenvalue weighted by Gasteiger charge is -2.05. The molecule has 1 aromatic heterocycles. The fourth-order valence-electron chi connectivity index (χ4n) is 2.17. The van der Waals surface area contributed by atoms with Gasteiger partial charge >= 0.3 is 0 Å². The van der Waals surface area contributed by atoms with Gasteiger partial charge in [-0.1, -0.05) is 30.0 Å². The zero-order chi connectivity index (χ0) is 17.0. The van der Waals surface area contributed by atoms with Crippen LogP contribution in [0.15, 0.2) is 58.6 Å². The number of aromatic amines is 1. The molecule has 0 unspecified atom stereocenters. The number of fused-ring (bicyclic) bond motifs is 1. The zero-order valence-electron chi connectivity index (χ0n) is 13.0.